The second-order valence-corrected chi connectivity index (χ2v) is 7.47. The average molecular weight is 397 g/mol. The Kier molecular flexibility index (Phi) is 6.31. The van der Waals surface area contributed by atoms with Crippen LogP contribution in [0.5, 0.6) is 11.5 Å². The Morgan fingerprint density at radius 1 is 1.11 bits per heavy atom. The van der Waals surface area contributed by atoms with Gasteiger partial charge in [0.25, 0.3) is 5.91 Å². The number of aryl methyl sites for hydroxylation is 2. The van der Waals surface area contributed by atoms with Crippen LogP contribution in [0, 0.1) is 13.8 Å². The number of benzene rings is 2. The summed E-state index contributed by atoms with van der Waals surface area (Å²) in [4.78, 5) is 18.8. The van der Waals surface area contributed by atoms with Gasteiger partial charge in [-0.1, -0.05) is 23.8 Å². The Labute approximate surface area is 169 Å². The third-order valence-corrected chi connectivity index (χ3v) is 5.31. The molecule has 0 fully saturated rings. The van der Waals surface area contributed by atoms with Crippen molar-refractivity contribution >= 4 is 17.2 Å². The van der Waals surface area contributed by atoms with Gasteiger partial charge in [-0.2, -0.15) is 0 Å². The number of nitrogens with zero attached hydrogens (tertiary/aromatic N) is 2. The van der Waals surface area contributed by atoms with Crippen molar-refractivity contribution in [2.75, 3.05) is 27.3 Å². The summed E-state index contributed by atoms with van der Waals surface area (Å²) in [7, 11) is 3.39. The average Bonchev–Trinajstić information content (AvgIpc) is 3.17. The van der Waals surface area contributed by atoms with E-state index in [1.807, 2.05) is 29.6 Å². The third-order valence-electron chi connectivity index (χ3n) is 4.44. The molecule has 1 amide bonds. The van der Waals surface area contributed by atoms with E-state index in [4.69, 9.17) is 9.47 Å². The lowest BCUT2D eigenvalue weighted by molar-refractivity contribution is 0.0769. The van der Waals surface area contributed by atoms with Crippen LogP contribution in [-0.2, 0) is 0 Å². The second kappa shape index (κ2) is 8.89. The lowest BCUT2D eigenvalue weighted by atomic mass is 10.1. The molecule has 1 heterocycles. The lowest BCUT2D eigenvalue weighted by Crippen LogP contribution is -2.31. The van der Waals surface area contributed by atoms with Gasteiger partial charge in [0.05, 0.1) is 13.7 Å². The molecule has 0 aliphatic carbocycles. The van der Waals surface area contributed by atoms with Crippen LogP contribution in [0.2, 0.25) is 0 Å². The van der Waals surface area contributed by atoms with Crippen molar-refractivity contribution in [3.8, 4) is 22.1 Å². The number of methoxy groups -OCH3 is 1. The maximum Gasteiger partial charge on any atom is 0.273 e. The zero-order valence-electron chi connectivity index (χ0n) is 16.6. The first-order chi connectivity index (χ1) is 13.5. The highest BCUT2D eigenvalue weighted by atomic mass is 32.1. The minimum absolute atomic E-state index is 0.106. The van der Waals surface area contributed by atoms with Crippen molar-refractivity contribution in [2.45, 2.75) is 13.8 Å². The molecule has 6 heteroatoms. The highest BCUT2D eigenvalue weighted by molar-refractivity contribution is 7.13. The lowest BCUT2D eigenvalue weighted by Gasteiger charge is -2.16. The molecule has 146 valence electrons. The maximum atomic E-state index is 12.7. The number of rotatable bonds is 7. The van der Waals surface area contributed by atoms with Crippen LogP contribution in [-0.4, -0.2) is 43.1 Å². The molecule has 3 rings (SSSR count). The fourth-order valence-corrected chi connectivity index (χ4v) is 3.70. The van der Waals surface area contributed by atoms with E-state index >= 15 is 0 Å². The molecule has 0 N–H and O–H groups in total. The fraction of sp³-hybridized carbons (Fsp3) is 0.273. The van der Waals surface area contributed by atoms with Gasteiger partial charge in [-0.25, -0.2) is 4.98 Å². The molecule has 0 saturated heterocycles. The highest BCUT2D eigenvalue weighted by Gasteiger charge is 2.17. The topological polar surface area (TPSA) is 51.7 Å². The van der Waals surface area contributed by atoms with Gasteiger partial charge in [0.15, 0.2) is 0 Å². The van der Waals surface area contributed by atoms with Gasteiger partial charge in [0, 0.05) is 18.0 Å². The van der Waals surface area contributed by atoms with Gasteiger partial charge in [0.2, 0.25) is 0 Å². The minimum atomic E-state index is -0.106. The SMILES string of the molecule is COc1ccc(OCCN(C)C(=O)c2csc(-c3ccc(C)cc3C)n2)cc1. The largest absolute Gasteiger partial charge is 0.497 e. The van der Waals surface area contributed by atoms with Crippen LogP contribution in [0.25, 0.3) is 10.6 Å². The smallest absolute Gasteiger partial charge is 0.273 e. The molecule has 3 aromatic rings. The van der Waals surface area contributed by atoms with Crippen LogP contribution in [0.4, 0.5) is 0 Å². The Hall–Kier alpha value is -2.86. The van der Waals surface area contributed by atoms with Gasteiger partial charge in [-0.15, -0.1) is 11.3 Å². The van der Waals surface area contributed by atoms with Gasteiger partial charge in [-0.3, -0.25) is 4.79 Å². The molecule has 2 aromatic carbocycles. The molecule has 0 spiro atoms. The molecular formula is C22H24N2O3S. The van der Waals surface area contributed by atoms with Crippen molar-refractivity contribution in [1.82, 2.24) is 9.88 Å². The Bertz CT molecular complexity index is 951. The molecule has 0 radical (unpaired) electrons. The minimum Gasteiger partial charge on any atom is -0.497 e. The first-order valence-corrected chi connectivity index (χ1v) is 9.91. The zero-order valence-corrected chi connectivity index (χ0v) is 17.4. The summed E-state index contributed by atoms with van der Waals surface area (Å²) in [6.07, 6.45) is 0. The standard InChI is InChI=1S/C22H24N2O3S/c1-15-5-10-19(16(2)13-15)21-23-20(14-28-21)22(25)24(3)11-12-27-18-8-6-17(26-4)7-9-18/h5-10,13-14H,11-12H2,1-4H3. The van der Waals surface area contributed by atoms with Crippen molar-refractivity contribution in [1.29, 1.82) is 0 Å². The molecule has 1 aromatic heterocycles. The molecule has 5 nitrogen and oxygen atoms in total. The zero-order chi connectivity index (χ0) is 20.1. The van der Waals surface area contributed by atoms with E-state index < -0.39 is 0 Å². The molecule has 0 atom stereocenters. The van der Waals surface area contributed by atoms with E-state index in [2.05, 4.69) is 37.0 Å². The molecule has 28 heavy (non-hydrogen) atoms. The summed E-state index contributed by atoms with van der Waals surface area (Å²) in [5.41, 5.74) is 3.91. The van der Waals surface area contributed by atoms with Gasteiger partial charge < -0.3 is 14.4 Å². The first-order valence-electron chi connectivity index (χ1n) is 9.03. The number of hydrogen-bond donors (Lipinski definition) is 0. The second-order valence-electron chi connectivity index (χ2n) is 6.61. The number of likely N-dealkylation sites (N-methyl/N-ethyl adjacent to an activating group) is 1. The number of amides is 1. The van der Waals surface area contributed by atoms with E-state index in [1.54, 1.807) is 19.1 Å². The first kappa shape index (κ1) is 19.9. The van der Waals surface area contributed by atoms with E-state index in [0.29, 0.717) is 18.8 Å². The number of thiazole rings is 1. The van der Waals surface area contributed by atoms with Crippen LogP contribution >= 0.6 is 11.3 Å². The summed E-state index contributed by atoms with van der Waals surface area (Å²) >= 11 is 1.49. The third kappa shape index (κ3) is 4.70. The predicted octanol–water partition coefficient (Wildman–Crippen LogP) is 4.59. The highest BCUT2D eigenvalue weighted by Crippen LogP contribution is 2.27. The van der Waals surface area contributed by atoms with E-state index in [9.17, 15) is 4.79 Å². The summed E-state index contributed by atoms with van der Waals surface area (Å²) < 4.78 is 10.8. The van der Waals surface area contributed by atoms with Crippen molar-refractivity contribution in [3.63, 3.8) is 0 Å². The number of carbonyl (C=O) groups excluding carboxylic acids is 1. The van der Waals surface area contributed by atoms with Crippen molar-refractivity contribution in [3.05, 3.63) is 64.7 Å². The Morgan fingerprint density at radius 2 is 1.82 bits per heavy atom. The molecular weight excluding hydrogens is 372 g/mol. The molecule has 0 aliphatic rings. The monoisotopic (exact) mass is 396 g/mol. The molecule has 0 saturated carbocycles. The number of ether oxygens (including phenoxy) is 2. The van der Waals surface area contributed by atoms with E-state index in [-0.39, 0.29) is 5.91 Å². The quantitative estimate of drug-likeness (QED) is 0.586. The van der Waals surface area contributed by atoms with Gasteiger partial charge in [0.1, 0.15) is 28.8 Å². The normalized spacial score (nSPS) is 10.6. The summed E-state index contributed by atoms with van der Waals surface area (Å²) in [5, 5.41) is 2.68. The molecule has 0 bridgehead atoms. The molecule has 0 aliphatic heterocycles. The Morgan fingerprint density at radius 3 is 2.50 bits per heavy atom. The van der Waals surface area contributed by atoms with Gasteiger partial charge in [-0.05, 0) is 43.7 Å². The van der Waals surface area contributed by atoms with Crippen LogP contribution < -0.4 is 9.47 Å². The van der Waals surface area contributed by atoms with E-state index in [1.165, 1.54) is 16.9 Å². The van der Waals surface area contributed by atoms with Gasteiger partial charge >= 0.3 is 0 Å². The fourth-order valence-electron chi connectivity index (χ4n) is 2.82. The maximum absolute atomic E-state index is 12.7. The molecule has 0 unspecified atom stereocenters. The van der Waals surface area contributed by atoms with Crippen LogP contribution in [0.15, 0.2) is 47.8 Å². The number of aromatic nitrogens is 1. The number of carbonyl (C=O) groups is 1. The summed E-state index contributed by atoms with van der Waals surface area (Å²) in [6.45, 7) is 5.01. The van der Waals surface area contributed by atoms with Crippen LogP contribution in [0.3, 0.4) is 0 Å². The number of hydrogen-bond acceptors (Lipinski definition) is 5. The van der Waals surface area contributed by atoms with Crippen molar-refractivity contribution in [2.24, 2.45) is 0 Å². The summed E-state index contributed by atoms with van der Waals surface area (Å²) in [6, 6.07) is 13.6. The summed E-state index contributed by atoms with van der Waals surface area (Å²) in [5.74, 6) is 1.42. The van der Waals surface area contributed by atoms with E-state index in [0.717, 1.165) is 27.6 Å². The predicted molar refractivity (Wildman–Crippen MR) is 112 cm³/mol. The van der Waals surface area contributed by atoms with Crippen LogP contribution in [0.1, 0.15) is 21.6 Å². The Balaban J connectivity index is 1.58. The van der Waals surface area contributed by atoms with Crippen molar-refractivity contribution < 1.29 is 14.3 Å².